The Hall–Kier alpha value is -3.20. The second kappa shape index (κ2) is 7.81. The Labute approximate surface area is 162 Å². The highest BCUT2D eigenvalue weighted by atomic mass is 35.5. The van der Waals surface area contributed by atoms with E-state index in [1.165, 1.54) is 47.6 Å². The van der Waals surface area contributed by atoms with Crippen molar-refractivity contribution in [3.05, 3.63) is 76.3 Å². The van der Waals surface area contributed by atoms with Crippen molar-refractivity contribution in [3.8, 4) is 5.69 Å². The van der Waals surface area contributed by atoms with Crippen LogP contribution in [0.1, 0.15) is 27.2 Å². The number of hydrazone groups is 1. The van der Waals surface area contributed by atoms with Crippen LogP contribution in [0.3, 0.4) is 0 Å². The van der Waals surface area contributed by atoms with Gasteiger partial charge in [0.1, 0.15) is 5.15 Å². The van der Waals surface area contributed by atoms with Gasteiger partial charge >= 0.3 is 6.18 Å². The van der Waals surface area contributed by atoms with Gasteiger partial charge in [-0.1, -0.05) is 17.7 Å². The van der Waals surface area contributed by atoms with Crippen LogP contribution in [0.2, 0.25) is 5.15 Å². The second-order valence-corrected chi connectivity index (χ2v) is 6.04. The highest BCUT2D eigenvalue weighted by Crippen LogP contribution is 2.31. The number of halogens is 4. The number of nitrogens with one attached hydrogen (secondary N) is 1. The van der Waals surface area contributed by atoms with Gasteiger partial charge in [-0.25, -0.2) is 10.1 Å². The molecule has 0 saturated heterocycles. The molecule has 3 aromatic rings. The van der Waals surface area contributed by atoms with E-state index in [0.29, 0.717) is 16.8 Å². The fourth-order valence-electron chi connectivity index (χ4n) is 2.37. The van der Waals surface area contributed by atoms with Crippen LogP contribution in [-0.4, -0.2) is 26.9 Å². The van der Waals surface area contributed by atoms with E-state index >= 15 is 0 Å². The maximum absolute atomic E-state index is 12.9. The number of carbonyl (C=O) groups excluding carboxylic acids is 1. The predicted octanol–water partition coefficient (Wildman–Crippen LogP) is 4.01. The molecule has 0 aliphatic rings. The van der Waals surface area contributed by atoms with Gasteiger partial charge < -0.3 is 0 Å². The van der Waals surface area contributed by atoms with Crippen molar-refractivity contribution >= 4 is 23.7 Å². The first-order valence-electron chi connectivity index (χ1n) is 7.93. The molecule has 3 rings (SSSR count). The third-order valence-corrected chi connectivity index (χ3v) is 4.13. The van der Waals surface area contributed by atoms with Crippen molar-refractivity contribution in [2.75, 3.05) is 0 Å². The molecule has 0 aliphatic heterocycles. The van der Waals surface area contributed by atoms with Crippen molar-refractivity contribution in [3.63, 3.8) is 0 Å². The minimum atomic E-state index is -4.48. The number of pyridine rings is 1. The lowest BCUT2D eigenvalue weighted by molar-refractivity contribution is -0.137. The summed E-state index contributed by atoms with van der Waals surface area (Å²) in [6, 6.07) is 7.69. The van der Waals surface area contributed by atoms with Crippen molar-refractivity contribution in [1.82, 2.24) is 20.2 Å². The summed E-state index contributed by atoms with van der Waals surface area (Å²) in [6.07, 6.45) is -0.252. The topological polar surface area (TPSA) is 72.2 Å². The summed E-state index contributed by atoms with van der Waals surface area (Å²) in [5.41, 5.74) is 2.86. The van der Waals surface area contributed by atoms with Crippen LogP contribution in [0.15, 0.2) is 53.9 Å². The number of hydrogen-bond donors (Lipinski definition) is 1. The van der Waals surface area contributed by atoms with Gasteiger partial charge in [-0.05, 0) is 37.3 Å². The van der Waals surface area contributed by atoms with Crippen LogP contribution >= 0.6 is 11.6 Å². The molecule has 2 heterocycles. The van der Waals surface area contributed by atoms with Crippen LogP contribution in [-0.2, 0) is 6.18 Å². The van der Waals surface area contributed by atoms with Gasteiger partial charge in [0, 0.05) is 18.0 Å². The molecule has 2 aromatic heterocycles. The minimum Gasteiger partial charge on any atom is -0.267 e. The fraction of sp³-hybridized carbons (Fsp3) is 0.111. The molecule has 10 heteroatoms. The van der Waals surface area contributed by atoms with E-state index in [9.17, 15) is 18.0 Å². The molecular formula is C18H13ClF3N5O. The zero-order valence-corrected chi connectivity index (χ0v) is 15.2. The Morgan fingerprint density at radius 3 is 2.64 bits per heavy atom. The predicted molar refractivity (Wildman–Crippen MR) is 97.6 cm³/mol. The molecule has 1 amide bonds. The summed E-state index contributed by atoms with van der Waals surface area (Å²) >= 11 is 6.27. The molecule has 0 bridgehead atoms. The smallest absolute Gasteiger partial charge is 0.267 e. The lowest BCUT2D eigenvalue weighted by atomic mass is 10.2. The summed E-state index contributed by atoms with van der Waals surface area (Å²) in [7, 11) is 0. The number of amides is 1. The zero-order valence-electron chi connectivity index (χ0n) is 14.4. The molecule has 0 fully saturated rings. The highest BCUT2D eigenvalue weighted by Gasteiger charge is 2.30. The van der Waals surface area contributed by atoms with Gasteiger partial charge in [-0.3, -0.25) is 9.78 Å². The summed E-state index contributed by atoms with van der Waals surface area (Å²) in [5, 5.41) is 8.07. The molecule has 0 saturated carbocycles. The number of benzene rings is 1. The molecule has 0 spiro atoms. The van der Waals surface area contributed by atoms with E-state index in [1.807, 2.05) is 0 Å². The second-order valence-electron chi connectivity index (χ2n) is 5.68. The van der Waals surface area contributed by atoms with Gasteiger partial charge in [0.2, 0.25) is 0 Å². The first-order valence-corrected chi connectivity index (χ1v) is 8.31. The number of hydrogen-bond acceptors (Lipinski definition) is 4. The summed E-state index contributed by atoms with van der Waals surface area (Å²) in [4.78, 5) is 15.8. The quantitative estimate of drug-likeness (QED) is 0.524. The van der Waals surface area contributed by atoms with Gasteiger partial charge in [-0.15, -0.1) is 0 Å². The number of aromatic nitrogens is 3. The Morgan fingerprint density at radius 2 is 1.96 bits per heavy atom. The van der Waals surface area contributed by atoms with Crippen LogP contribution in [0, 0.1) is 6.92 Å². The standard InChI is InChI=1S/C18H13ClF3N5O/c1-11-15(10-24-25-17(28)12-5-7-23-8-6-12)16(19)27(26-11)14-4-2-3-13(9-14)18(20,21)22/h2-10H,1H3,(H,25,28)/b24-10-. The molecule has 0 unspecified atom stereocenters. The molecule has 6 nitrogen and oxygen atoms in total. The maximum atomic E-state index is 12.9. The van der Waals surface area contributed by atoms with Gasteiger partial charge in [0.25, 0.3) is 5.91 Å². The van der Waals surface area contributed by atoms with Crippen LogP contribution in [0.5, 0.6) is 0 Å². The molecule has 0 atom stereocenters. The maximum Gasteiger partial charge on any atom is 0.416 e. The number of nitrogens with zero attached hydrogens (tertiary/aromatic N) is 4. The lowest BCUT2D eigenvalue weighted by Crippen LogP contribution is -2.17. The van der Waals surface area contributed by atoms with Crippen LogP contribution < -0.4 is 5.43 Å². The Balaban J connectivity index is 1.84. The highest BCUT2D eigenvalue weighted by molar-refractivity contribution is 6.32. The van der Waals surface area contributed by atoms with E-state index in [1.54, 1.807) is 6.92 Å². The van der Waals surface area contributed by atoms with Gasteiger partial charge in [0.05, 0.1) is 28.7 Å². The van der Waals surface area contributed by atoms with Crippen LogP contribution in [0.25, 0.3) is 5.69 Å². The summed E-state index contributed by atoms with van der Waals surface area (Å²) in [5.74, 6) is -0.447. The minimum absolute atomic E-state index is 0.0683. The van der Waals surface area contributed by atoms with Crippen LogP contribution in [0.4, 0.5) is 13.2 Å². The summed E-state index contributed by atoms with van der Waals surface area (Å²) < 4.78 is 39.9. The van der Waals surface area contributed by atoms with Crippen molar-refractivity contribution < 1.29 is 18.0 Å². The average Bonchev–Trinajstić information content (AvgIpc) is 2.96. The monoisotopic (exact) mass is 407 g/mol. The molecular weight excluding hydrogens is 395 g/mol. The number of carbonyl (C=O) groups is 1. The van der Waals surface area contributed by atoms with Crippen molar-refractivity contribution in [2.24, 2.45) is 5.10 Å². The Kier molecular flexibility index (Phi) is 5.46. The normalized spacial score (nSPS) is 11.8. The van der Waals surface area contributed by atoms with Gasteiger partial charge in [-0.2, -0.15) is 23.4 Å². The molecule has 0 aliphatic carbocycles. The molecule has 144 valence electrons. The third kappa shape index (κ3) is 4.20. The Bertz CT molecular complexity index is 1030. The van der Waals surface area contributed by atoms with E-state index in [2.05, 4.69) is 20.6 Å². The zero-order chi connectivity index (χ0) is 20.3. The SMILES string of the molecule is Cc1nn(-c2cccc(C(F)(F)F)c2)c(Cl)c1/C=N\NC(=O)c1ccncc1. The lowest BCUT2D eigenvalue weighted by Gasteiger charge is -2.09. The number of aryl methyl sites for hydroxylation is 1. The van der Waals surface area contributed by atoms with Crippen molar-refractivity contribution in [1.29, 1.82) is 0 Å². The van der Waals surface area contributed by atoms with E-state index < -0.39 is 17.6 Å². The Morgan fingerprint density at radius 1 is 1.25 bits per heavy atom. The molecule has 1 aromatic carbocycles. The van der Waals surface area contributed by atoms with E-state index in [0.717, 1.165) is 12.1 Å². The fourth-order valence-corrected chi connectivity index (χ4v) is 2.69. The number of rotatable bonds is 4. The first-order chi connectivity index (χ1) is 13.3. The first kappa shape index (κ1) is 19.6. The van der Waals surface area contributed by atoms with Gasteiger partial charge in [0.15, 0.2) is 0 Å². The van der Waals surface area contributed by atoms with Crippen molar-refractivity contribution in [2.45, 2.75) is 13.1 Å². The molecule has 1 N–H and O–H groups in total. The molecule has 28 heavy (non-hydrogen) atoms. The largest absolute Gasteiger partial charge is 0.416 e. The number of alkyl halides is 3. The third-order valence-electron chi connectivity index (χ3n) is 3.77. The summed E-state index contributed by atoms with van der Waals surface area (Å²) in [6.45, 7) is 1.63. The average molecular weight is 408 g/mol. The van der Waals surface area contributed by atoms with E-state index in [-0.39, 0.29) is 10.8 Å². The molecule has 0 radical (unpaired) electrons. The van der Waals surface area contributed by atoms with E-state index in [4.69, 9.17) is 11.6 Å².